The SMILES string of the molecule is CC1(O)CCCN(Cc2ccc(C(N)=O)cc2)C1. The number of hydrogen-bond acceptors (Lipinski definition) is 3. The molecule has 1 atom stereocenters. The Labute approximate surface area is 107 Å². The van der Waals surface area contributed by atoms with Crippen LogP contribution in [-0.4, -0.2) is 34.6 Å². The van der Waals surface area contributed by atoms with Crippen molar-refractivity contribution in [3.05, 3.63) is 35.4 Å². The van der Waals surface area contributed by atoms with Gasteiger partial charge in [0.15, 0.2) is 0 Å². The summed E-state index contributed by atoms with van der Waals surface area (Å²) in [5, 5.41) is 10.0. The van der Waals surface area contributed by atoms with Gasteiger partial charge in [-0.3, -0.25) is 9.69 Å². The van der Waals surface area contributed by atoms with Gasteiger partial charge in [-0.15, -0.1) is 0 Å². The lowest BCUT2D eigenvalue weighted by atomic mass is 9.95. The van der Waals surface area contributed by atoms with Crippen molar-refractivity contribution in [3.8, 4) is 0 Å². The van der Waals surface area contributed by atoms with Gasteiger partial charge in [-0.25, -0.2) is 0 Å². The third-order valence-electron chi connectivity index (χ3n) is 3.40. The number of benzene rings is 1. The molecule has 1 fully saturated rings. The molecule has 1 aromatic rings. The number of β-amino-alcohol motifs (C(OH)–C–C–N with tert-alkyl or cyclic N) is 1. The number of primary amides is 1. The monoisotopic (exact) mass is 248 g/mol. The maximum absolute atomic E-state index is 11.0. The van der Waals surface area contributed by atoms with Gasteiger partial charge in [-0.2, -0.15) is 0 Å². The van der Waals surface area contributed by atoms with Crippen LogP contribution in [0.1, 0.15) is 35.7 Å². The van der Waals surface area contributed by atoms with E-state index in [2.05, 4.69) is 4.90 Å². The van der Waals surface area contributed by atoms with Crippen LogP contribution in [-0.2, 0) is 6.54 Å². The number of rotatable bonds is 3. The van der Waals surface area contributed by atoms with Gasteiger partial charge in [0.05, 0.1) is 5.60 Å². The van der Waals surface area contributed by atoms with Crippen molar-refractivity contribution in [2.45, 2.75) is 31.9 Å². The van der Waals surface area contributed by atoms with E-state index in [1.165, 1.54) is 0 Å². The minimum absolute atomic E-state index is 0.401. The number of nitrogens with zero attached hydrogens (tertiary/aromatic N) is 1. The quantitative estimate of drug-likeness (QED) is 0.842. The van der Waals surface area contributed by atoms with E-state index < -0.39 is 11.5 Å². The van der Waals surface area contributed by atoms with Crippen LogP contribution in [0.5, 0.6) is 0 Å². The topological polar surface area (TPSA) is 66.6 Å². The summed E-state index contributed by atoms with van der Waals surface area (Å²) >= 11 is 0. The summed E-state index contributed by atoms with van der Waals surface area (Å²) in [6.07, 6.45) is 1.89. The van der Waals surface area contributed by atoms with Crippen LogP contribution < -0.4 is 5.73 Å². The molecule has 0 bridgehead atoms. The number of carbonyl (C=O) groups excluding carboxylic acids is 1. The fraction of sp³-hybridized carbons (Fsp3) is 0.500. The Morgan fingerprint density at radius 3 is 2.67 bits per heavy atom. The molecule has 0 aromatic heterocycles. The molecule has 1 aliphatic heterocycles. The zero-order chi connectivity index (χ0) is 13.2. The average molecular weight is 248 g/mol. The molecule has 0 saturated carbocycles. The van der Waals surface area contributed by atoms with Crippen LogP contribution in [0.15, 0.2) is 24.3 Å². The molecular formula is C14H20N2O2. The third kappa shape index (κ3) is 3.31. The van der Waals surface area contributed by atoms with Gasteiger partial charge in [-0.1, -0.05) is 12.1 Å². The number of amides is 1. The number of piperidine rings is 1. The Kier molecular flexibility index (Phi) is 3.68. The highest BCUT2D eigenvalue weighted by Gasteiger charge is 2.28. The Balaban J connectivity index is 1.99. The lowest BCUT2D eigenvalue weighted by Crippen LogP contribution is -2.45. The zero-order valence-electron chi connectivity index (χ0n) is 10.7. The van der Waals surface area contributed by atoms with Crippen LogP contribution >= 0.6 is 0 Å². The second-order valence-corrected chi connectivity index (χ2v) is 5.37. The molecule has 1 aliphatic rings. The number of likely N-dealkylation sites (tertiary alicyclic amines) is 1. The molecular weight excluding hydrogens is 228 g/mol. The van der Waals surface area contributed by atoms with Gasteiger partial charge in [0, 0.05) is 18.7 Å². The maximum atomic E-state index is 11.0. The Hall–Kier alpha value is -1.39. The van der Waals surface area contributed by atoms with E-state index in [1.54, 1.807) is 12.1 Å². The molecule has 1 amide bonds. The first-order chi connectivity index (χ1) is 8.46. The van der Waals surface area contributed by atoms with Gasteiger partial charge in [0.1, 0.15) is 0 Å². The van der Waals surface area contributed by atoms with E-state index in [9.17, 15) is 9.90 Å². The van der Waals surface area contributed by atoms with Crippen molar-refractivity contribution in [1.82, 2.24) is 4.90 Å². The third-order valence-corrected chi connectivity index (χ3v) is 3.40. The van der Waals surface area contributed by atoms with Gasteiger partial charge >= 0.3 is 0 Å². The molecule has 1 aromatic carbocycles. The van der Waals surface area contributed by atoms with E-state index in [-0.39, 0.29) is 0 Å². The lowest BCUT2D eigenvalue weighted by Gasteiger charge is -2.36. The summed E-state index contributed by atoms with van der Waals surface area (Å²) in [5.41, 5.74) is 6.29. The molecule has 18 heavy (non-hydrogen) atoms. The van der Waals surface area contributed by atoms with Crippen LogP contribution in [0.3, 0.4) is 0 Å². The summed E-state index contributed by atoms with van der Waals surface area (Å²) in [7, 11) is 0. The summed E-state index contributed by atoms with van der Waals surface area (Å²) in [6, 6.07) is 7.34. The molecule has 3 N–H and O–H groups in total. The standard InChI is InChI=1S/C14H20N2O2/c1-14(18)7-2-8-16(10-14)9-11-3-5-12(6-4-11)13(15)17/h3-6,18H,2,7-10H2,1H3,(H2,15,17). The van der Waals surface area contributed by atoms with E-state index in [0.29, 0.717) is 12.1 Å². The first-order valence-electron chi connectivity index (χ1n) is 6.30. The molecule has 0 radical (unpaired) electrons. The summed E-state index contributed by atoms with van der Waals surface area (Å²) in [6.45, 7) is 4.39. The summed E-state index contributed by atoms with van der Waals surface area (Å²) < 4.78 is 0. The fourth-order valence-electron chi connectivity index (χ4n) is 2.49. The van der Waals surface area contributed by atoms with E-state index >= 15 is 0 Å². The Morgan fingerprint density at radius 1 is 1.44 bits per heavy atom. The minimum atomic E-state index is -0.578. The van der Waals surface area contributed by atoms with Gasteiger partial charge in [0.2, 0.25) is 5.91 Å². The highest BCUT2D eigenvalue weighted by molar-refractivity contribution is 5.92. The fourth-order valence-corrected chi connectivity index (χ4v) is 2.49. The van der Waals surface area contributed by atoms with Gasteiger partial charge in [-0.05, 0) is 44.0 Å². The summed E-state index contributed by atoms with van der Waals surface area (Å²) in [4.78, 5) is 13.2. The number of carbonyl (C=O) groups is 1. The van der Waals surface area contributed by atoms with Crippen LogP contribution in [0.25, 0.3) is 0 Å². The molecule has 4 heteroatoms. The van der Waals surface area contributed by atoms with Gasteiger partial charge in [0.25, 0.3) is 0 Å². The summed E-state index contributed by atoms with van der Waals surface area (Å²) in [5.74, 6) is -0.401. The van der Waals surface area contributed by atoms with Crippen LogP contribution in [0, 0.1) is 0 Å². The second kappa shape index (κ2) is 5.08. The number of aliphatic hydroxyl groups is 1. The van der Waals surface area contributed by atoms with Crippen LogP contribution in [0.4, 0.5) is 0 Å². The van der Waals surface area contributed by atoms with Crippen LogP contribution in [0.2, 0.25) is 0 Å². The average Bonchev–Trinajstić information content (AvgIpc) is 2.28. The first kappa shape index (κ1) is 13.1. The molecule has 1 unspecified atom stereocenters. The number of nitrogens with two attached hydrogens (primary N) is 1. The molecule has 1 heterocycles. The van der Waals surface area contributed by atoms with E-state index in [1.807, 2.05) is 19.1 Å². The molecule has 0 spiro atoms. The minimum Gasteiger partial charge on any atom is -0.389 e. The van der Waals surface area contributed by atoms with Crippen molar-refractivity contribution in [1.29, 1.82) is 0 Å². The Morgan fingerprint density at radius 2 is 2.11 bits per heavy atom. The first-order valence-corrected chi connectivity index (χ1v) is 6.30. The highest BCUT2D eigenvalue weighted by atomic mass is 16.3. The molecule has 4 nitrogen and oxygen atoms in total. The predicted octanol–water partition coefficient (Wildman–Crippen LogP) is 1.13. The van der Waals surface area contributed by atoms with Crippen molar-refractivity contribution in [2.75, 3.05) is 13.1 Å². The normalized spacial score (nSPS) is 25.0. The lowest BCUT2D eigenvalue weighted by molar-refractivity contribution is -0.0181. The van der Waals surface area contributed by atoms with E-state index in [0.717, 1.165) is 31.5 Å². The largest absolute Gasteiger partial charge is 0.389 e. The highest BCUT2D eigenvalue weighted by Crippen LogP contribution is 2.21. The molecule has 2 rings (SSSR count). The Bertz CT molecular complexity index is 426. The number of hydrogen-bond donors (Lipinski definition) is 2. The molecule has 98 valence electrons. The maximum Gasteiger partial charge on any atom is 0.248 e. The predicted molar refractivity (Wildman–Crippen MR) is 70.1 cm³/mol. The zero-order valence-corrected chi connectivity index (χ0v) is 10.7. The van der Waals surface area contributed by atoms with Gasteiger partial charge < -0.3 is 10.8 Å². The van der Waals surface area contributed by atoms with Crippen molar-refractivity contribution < 1.29 is 9.90 Å². The molecule has 1 saturated heterocycles. The van der Waals surface area contributed by atoms with E-state index in [4.69, 9.17) is 5.73 Å². The second-order valence-electron chi connectivity index (χ2n) is 5.37. The molecule has 0 aliphatic carbocycles. The van der Waals surface area contributed by atoms with Crippen molar-refractivity contribution in [3.63, 3.8) is 0 Å². The van der Waals surface area contributed by atoms with Crippen molar-refractivity contribution >= 4 is 5.91 Å². The smallest absolute Gasteiger partial charge is 0.248 e. The van der Waals surface area contributed by atoms with Crippen molar-refractivity contribution in [2.24, 2.45) is 5.73 Å².